The van der Waals surface area contributed by atoms with Crippen LogP contribution in [0.3, 0.4) is 0 Å². The molecule has 2 heterocycles. The lowest BCUT2D eigenvalue weighted by Gasteiger charge is -2.22. The zero-order valence-electron chi connectivity index (χ0n) is 12.0. The highest BCUT2D eigenvalue weighted by atomic mass is 32.2. The zero-order valence-corrected chi connectivity index (χ0v) is 13.6. The third-order valence-electron chi connectivity index (χ3n) is 3.10. The van der Waals surface area contributed by atoms with Crippen LogP contribution in [0.15, 0.2) is 35.8 Å². The van der Waals surface area contributed by atoms with Gasteiger partial charge in [-0.3, -0.25) is 0 Å². The molecule has 20 heavy (non-hydrogen) atoms. The van der Waals surface area contributed by atoms with Crippen LogP contribution in [0.4, 0.5) is 0 Å². The molecule has 0 radical (unpaired) electrons. The summed E-state index contributed by atoms with van der Waals surface area (Å²) in [7, 11) is 0. The van der Waals surface area contributed by atoms with E-state index >= 15 is 0 Å². The predicted octanol–water partition coefficient (Wildman–Crippen LogP) is 2.80. The molecule has 0 aliphatic carbocycles. The lowest BCUT2D eigenvalue weighted by atomic mass is 10.1. The van der Waals surface area contributed by atoms with Gasteiger partial charge in [-0.15, -0.1) is 11.3 Å². The van der Waals surface area contributed by atoms with Crippen LogP contribution in [-0.2, 0) is 13.1 Å². The van der Waals surface area contributed by atoms with E-state index in [0.29, 0.717) is 6.54 Å². The number of aliphatic hydroxyl groups is 1. The van der Waals surface area contributed by atoms with Gasteiger partial charge in [-0.05, 0) is 36.8 Å². The average Bonchev–Trinajstić information content (AvgIpc) is 3.02. The van der Waals surface area contributed by atoms with Crippen LogP contribution >= 0.6 is 23.1 Å². The Balaban J connectivity index is 1.86. The Morgan fingerprint density at radius 3 is 2.95 bits per heavy atom. The Morgan fingerprint density at radius 1 is 1.40 bits per heavy atom. The van der Waals surface area contributed by atoms with Crippen LogP contribution in [-0.4, -0.2) is 33.8 Å². The lowest BCUT2D eigenvalue weighted by Crippen LogP contribution is -2.39. The van der Waals surface area contributed by atoms with Gasteiger partial charge in [0, 0.05) is 35.6 Å². The number of thioether (sulfide) groups is 1. The second-order valence-electron chi connectivity index (χ2n) is 5.24. The smallest absolute Gasteiger partial charge is 0.0833 e. The number of rotatable bonds is 8. The van der Waals surface area contributed by atoms with Crippen LogP contribution in [0.25, 0.3) is 0 Å². The molecular weight excluding hydrogens is 288 g/mol. The van der Waals surface area contributed by atoms with Crippen molar-refractivity contribution in [2.45, 2.75) is 25.6 Å². The topological polar surface area (TPSA) is 37.2 Å². The van der Waals surface area contributed by atoms with Gasteiger partial charge < -0.3 is 15.0 Å². The normalized spacial score (nSPS) is 14.3. The van der Waals surface area contributed by atoms with Crippen molar-refractivity contribution >= 4 is 23.1 Å². The molecule has 2 rings (SSSR count). The van der Waals surface area contributed by atoms with Crippen molar-refractivity contribution in [2.75, 3.05) is 18.6 Å². The minimum atomic E-state index is -0.648. The van der Waals surface area contributed by atoms with E-state index in [2.05, 4.69) is 45.7 Å². The first-order valence-corrected chi connectivity index (χ1v) is 8.96. The summed E-state index contributed by atoms with van der Waals surface area (Å²) in [6.45, 7) is 4.19. The second-order valence-corrected chi connectivity index (χ2v) is 7.14. The molecule has 1 unspecified atom stereocenters. The van der Waals surface area contributed by atoms with Crippen LogP contribution in [0.5, 0.6) is 0 Å². The van der Waals surface area contributed by atoms with E-state index in [1.54, 1.807) is 23.1 Å². The Morgan fingerprint density at radius 2 is 2.25 bits per heavy atom. The van der Waals surface area contributed by atoms with E-state index in [9.17, 15) is 5.11 Å². The Kier molecular flexibility index (Phi) is 5.72. The van der Waals surface area contributed by atoms with Crippen molar-refractivity contribution in [2.24, 2.45) is 0 Å². The number of hydrogen-bond acceptors (Lipinski definition) is 4. The van der Waals surface area contributed by atoms with Crippen molar-refractivity contribution < 1.29 is 5.11 Å². The van der Waals surface area contributed by atoms with Crippen molar-refractivity contribution in [1.82, 2.24) is 9.88 Å². The number of aromatic nitrogens is 1. The minimum absolute atomic E-state index is 0.609. The Labute approximate surface area is 129 Å². The fraction of sp³-hybridized carbons (Fsp3) is 0.467. The molecule has 0 bridgehead atoms. The molecule has 110 valence electrons. The van der Waals surface area contributed by atoms with Crippen molar-refractivity contribution in [3.05, 3.63) is 46.4 Å². The summed E-state index contributed by atoms with van der Waals surface area (Å²) in [4.78, 5) is 1.36. The summed E-state index contributed by atoms with van der Waals surface area (Å²) in [6.07, 6.45) is 4.12. The highest BCUT2D eigenvalue weighted by Crippen LogP contribution is 2.13. The maximum absolute atomic E-state index is 10.1. The molecule has 0 aromatic carbocycles. The van der Waals surface area contributed by atoms with Gasteiger partial charge in [0.05, 0.1) is 12.1 Å². The number of nitrogens with one attached hydrogen (secondary N) is 1. The van der Waals surface area contributed by atoms with Gasteiger partial charge in [0.2, 0.25) is 0 Å². The second kappa shape index (κ2) is 7.31. The van der Waals surface area contributed by atoms with Crippen LogP contribution in [0.1, 0.15) is 17.5 Å². The van der Waals surface area contributed by atoms with Crippen LogP contribution in [0, 0.1) is 0 Å². The SMILES string of the molecule is CSCC(C)(O)CNCc1cccn1Cc1cccs1. The van der Waals surface area contributed by atoms with E-state index in [4.69, 9.17) is 0 Å². The molecule has 5 heteroatoms. The van der Waals surface area contributed by atoms with E-state index in [1.165, 1.54) is 10.6 Å². The first kappa shape index (κ1) is 15.6. The molecule has 0 aliphatic rings. The molecule has 0 amide bonds. The molecule has 0 aliphatic heterocycles. The summed E-state index contributed by atoms with van der Waals surface area (Å²) in [5.74, 6) is 0.746. The summed E-state index contributed by atoms with van der Waals surface area (Å²) < 4.78 is 2.25. The predicted molar refractivity (Wildman–Crippen MR) is 88.6 cm³/mol. The highest BCUT2D eigenvalue weighted by Gasteiger charge is 2.18. The van der Waals surface area contributed by atoms with Gasteiger partial charge in [-0.25, -0.2) is 0 Å². The molecule has 0 spiro atoms. The first-order valence-electron chi connectivity index (χ1n) is 6.69. The molecule has 2 aromatic heterocycles. The molecule has 1 atom stereocenters. The zero-order chi connectivity index (χ0) is 14.4. The number of nitrogens with zero attached hydrogens (tertiary/aromatic N) is 1. The van der Waals surface area contributed by atoms with E-state index in [1.807, 2.05) is 13.2 Å². The first-order chi connectivity index (χ1) is 9.61. The Hall–Kier alpha value is -0.750. The molecule has 3 nitrogen and oxygen atoms in total. The molecule has 2 N–H and O–H groups in total. The third-order valence-corrected chi connectivity index (χ3v) is 4.87. The van der Waals surface area contributed by atoms with Crippen molar-refractivity contribution in [3.8, 4) is 0 Å². The number of thiophene rings is 1. The highest BCUT2D eigenvalue weighted by molar-refractivity contribution is 7.98. The van der Waals surface area contributed by atoms with Crippen LogP contribution < -0.4 is 5.32 Å². The van der Waals surface area contributed by atoms with E-state index < -0.39 is 5.60 Å². The average molecular weight is 310 g/mol. The van der Waals surface area contributed by atoms with E-state index in [0.717, 1.165) is 18.8 Å². The third kappa shape index (κ3) is 4.66. The Bertz CT molecular complexity index is 506. The number of hydrogen-bond donors (Lipinski definition) is 2. The quantitative estimate of drug-likeness (QED) is 0.787. The van der Waals surface area contributed by atoms with Crippen LogP contribution in [0.2, 0.25) is 0 Å². The van der Waals surface area contributed by atoms with E-state index in [-0.39, 0.29) is 0 Å². The molecule has 2 aromatic rings. The maximum Gasteiger partial charge on any atom is 0.0833 e. The summed E-state index contributed by atoms with van der Waals surface area (Å²) in [5, 5.41) is 15.6. The standard InChI is InChI=1S/C15H22N2OS2/c1-15(18,12-19-2)11-16-9-13-5-3-7-17(13)10-14-6-4-8-20-14/h3-8,16,18H,9-12H2,1-2H3. The molecular formula is C15H22N2OS2. The van der Waals surface area contributed by atoms with Gasteiger partial charge in [-0.2, -0.15) is 11.8 Å². The maximum atomic E-state index is 10.1. The lowest BCUT2D eigenvalue weighted by molar-refractivity contribution is 0.0844. The summed E-state index contributed by atoms with van der Waals surface area (Å²) >= 11 is 3.45. The molecule has 0 saturated heterocycles. The van der Waals surface area contributed by atoms with Gasteiger partial charge >= 0.3 is 0 Å². The van der Waals surface area contributed by atoms with Gasteiger partial charge in [0.25, 0.3) is 0 Å². The van der Waals surface area contributed by atoms with Crippen molar-refractivity contribution in [3.63, 3.8) is 0 Å². The fourth-order valence-corrected chi connectivity index (χ4v) is 3.58. The summed E-state index contributed by atoms with van der Waals surface area (Å²) in [6, 6.07) is 8.45. The van der Waals surface area contributed by atoms with Gasteiger partial charge in [0.15, 0.2) is 0 Å². The summed E-state index contributed by atoms with van der Waals surface area (Å²) in [5.41, 5.74) is 0.600. The van der Waals surface area contributed by atoms with Gasteiger partial charge in [0.1, 0.15) is 0 Å². The van der Waals surface area contributed by atoms with Crippen molar-refractivity contribution in [1.29, 1.82) is 0 Å². The minimum Gasteiger partial charge on any atom is -0.388 e. The van der Waals surface area contributed by atoms with Gasteiger partial charge in [-0.1, -0.05) is 6.07 Å². The molecule has 0 saturated carbocycles. The molecule has 0 fully saturated rings. The largest absolute Gasteiger partial charge is 0.388 e. The fourth-order valence-electron chi connectivity index (χ4n) is 2.16. The monoisotopic (exact) mass is 310 g/mol.